The van der Waals surface area contributed by atoms with Crippen LogP contribution in [0, 0.1) is 0 Å². The minimum atomic E-state index is -0.155. The molecule has 2 aromatic carbocycles. The van der Waals surface area contributed by atoms with Gasteiger partial charge in [-0.2, -0.15) is 5.10 Å². The second-order valence-corrected chi connectivity index (χ2v) is 6.96. The van der Waals surface area contributed by atoms with Gasteiger partial charge in [-0.1, -0.05) is 41.9 Å². The molecule has 3 aromatic rings. The molecule has 1 aliphatic heterocycles. The van der Waals surface area contributed by atoms with E-state index in [0.717, 1.165) is 30.7 Å². The van der Waals surface area contributed by atoms with Crippen LogP contribution >= 0.6 is 11.6 Å². The van der Waals surface area contributed by atoms with Crippen LogP contribution in [0.3, 0.4) is 0 Å². The minimum Gasteiger partial charge on any atom is -0.376 e. The number of halogens is 1. The van der Waals surface area contributed by atoms with Crippen molar-refractivity contribution in [2.75, 3.05) is 13.2 Å². The van der Waals surface area contributed by atoms with Crippen LogP contribution in [-0.4, -0.2) is 34.9 Å². The van der Waals surface area contributed by atoms with Crippen molar-refractivity contribution >= 4 is 17.5 Å². The van der Waals surface area contributed by atoms with Gasteiger partial charge in [0.15, 0.2) is 0 Å². The summed E-state index contributed by atoms with van der Waals surface area (Å²) in [6, 6.07) is 17.1. The normalized spacial score (nSPS) is 16.4. The molecule has 1 aliphatic rings. The number of carbonyl (C=O) groups excluding carboxylic acids is 1. The second kappa shape index (κ2) is 7.94. The first-order valence-electron chi connectivity index (χ1n) is 9.01. The summed E-state index contributed by atoms with van der Waals surface area (Å²) in [6.45, 7) is 1.28. The summed E-state index contributed by atoms with van der Waals surface area (Å²) >= 11 is 6.01. The van der Waals surface area contributed by atoms with Crippen molar-refractivity contribution in [3.8, 4) is 16.9 Å². The van der Waals surface area contributed by atoms with Crippen molar-refractivity contribution in [1.29, 1.82) is 0 Å². The van der Waals surface area contributed by atoms with Gasteiger partial charge < -0.3 is 10.1 Å². The third-order valence-corrected chi connectivity index (χ3v) is 4.86. The van der Waals surface area contributed by atoms with E-state index in [2.05, 4.69) is 10.4 Å². The van der Waals surface area contributed by atoms with Crippen LogP contribution in [0.25, 0.3) is 16.9 Å². The molecule has 0 saturated carbocycles. The number of hydrogen-bond donors (Lipinski definition) is 1. The molecule has 1 N–H and O–H groups in total. The number of benzene rings is 2. The molecule has 0 bridgehead atoms. The monoisotopic (exact) mass is 381 g/mol. The lowest BCUT2D eigenvalue weighted by Gasteiger charge is -2.10. The Morgan fingerprint density at radius 3 is 2.67 bits per heavy atom. The highest BCUT2D eigenvalue weighted by Crippen LogP contribution is 2.25. The first-order chi connectivity index (χ1) is 13.2. The largest absolute Gasteiger partial charge is 0.376 e. The smallest absolute Gasteiger partial charge is 0.255 e. The van der Waals surface area contributed by atoms with Gasteiger partial charge in [0.25, 0.3) is 5.91 Å². The van der Waals surface area contributed by atoms with Crippen molar-refractivity contribution in [2.24, 2.45) is 0 Å². The Kier molecular flexibility index (Phi) is 5.23. The number of aromatic nitrogens is 2. The summed E-state index contributed by atoms with van der Waals surface area (Å²) in [6.07, 6.45) is 3.89. The van der Waals surface area contributed by atoms with Gasteiger partial charge in [0, 0.05) is 29.9 Å². The summed E-state index contributed by atoms with van der Waals surface area (Å²) in [5.41, 5.74) is 2.89. The quantitative estimate of drug-likeness (QED) is 0.723. The van der Waals surface area contributed by atoms with Crippen molar-refractivity contribution in [3.63, 3.8) is 0 Å². The number of carbonyl (C=O) groups is 1. The number of rotatable bonds is 5. The average Bonchev–Trinajstić information content (AvgIpc) is 3.37. The molecule has 1 amide bonds. The highest BCUT2D eigenvalue weighted by Gasteiger charge is 2.21. The maximum Gasteiger partial charge on any atom is 0.255 e. The molecule has 138 valence electrons. The van der Waals surface area contributed by atoms with E-state index >= 15 is 0 Å². The van der Waals surface area contributed by atoms with Crippen LogP contribution in [0.1, 0.15) is 23.2 Å². The fourth-order valence-electron chi connectivity index (χ4n) is 3.18. The van der Waals surface area contributed by atoms with Crippen LogP contribution in [-0.2, 0) is 4.74 Å². The van der Waals surface area contributed by atoms with E-state index in [1.807, 2.05) is 42.5 Å². The van der Waals surface area contributed by atoms with Crippen LogP contribution < -0.4 is 5.32 Å². The second-order valence-electron chi connectivity index (χ2n) is 6.52. The first kappa shape index (κ1) is 17.8. The molecule has 1 unspecified atom stereocenters. The minimum absolute atomic E-state index is 0.0945. The van der Waals surface area contributed by atoms with Crippen LogP contribution in [0.15, 0.2) is 60.8 Å². The van der Waals surface area contributed by atoms with E-state index in [0.29, 0.717) is 22.8 Å². The summed E-state index contributed by atoms with van der Waals surface area (Å²) in [4.78, 5) is 12.9. The van der Waals surface area contributed by atoms with Crippen molar-refractivity contribution in [3.05, 3.63) is 71.4 Å². The zero-order valence-corrected chi connectivity index (χ0v) is 15.5. The van der Waals surface area contributed by atoms with Crippen molar-refractivity contribution < 1.29 is 9.53 Å². The third-order valence-electron chi connectivity index (χ3n) is 4.61. The number of amides is 1. The Labute approximate surface area is 162 Å². The van der Waals surface area contributed by atoms with E-state index in [-0.39, 0.29) is 12.0 Å². The van der Waals surface area contributed by atoms with Gasteiger partial charge in [0.2, 0.25) is 0 Å². The molecule has 1 aromatic heterocycles. The molecule has 1 fully saturated rings. The topological polar surface area (TPSA) is 56.1 Å². The average molecular weight is 382 g/mol. The lowest BCUT2D eigenvalue weighted by atomic mass is 10.1. The highest BCUT2D eigenvalue weighted by molar-refractivity contribution is 6.30. The molecule has 1 saturated heterocycles. The highest BCUT2D eigenvalue weighted by atomic mass is 35.5. The number of ether oxygens (including phenoxy) is 1. The zero-order chi connectivity index (χ0) is 18.6. The number of nitrogens with one attached hydrogen (secondary N) is 1. The Bertz CT molecular complexity index is 916. The summed E-state index contributed by atoms with van der Waals surface area (Å²) in [5.74, 6) is -0.155. The molecule has 27 heavy (non-hydrogen) atoms. The fraction of sp³-hybridized carbons (Fsp3) is 0.238. The van der Waals surface area contributed by atoms with Gasteiger partial charge in [0.1, 0.15) is 5.69 Å². The van der Waals surface area contributed by atoms with Gasteiger partial charge in [-0.15, -0.1) is 0 Å². The SMILES string of the molecule is O=C(NCC1CCCO1)c1cn(-c2ccccc2)nc1-c1ccc(Cl)cc1. The summed E-state index contributed by atoms with van der Waals surface area (Å²) in [5, 5.41) is 8.29. The van der Waals surface area contributed by atoms with Crippen molar-refractivity contribution in [2.45, 2.75) is 18.9 Å². The molecular formula is C21H20ClN3O2. The fourth-order valence-corrected chi connectivity index (χ4v) is 3.31. The van der Waals surface area contributed by atoms with E-state index < -0.39 is 0 Å². The van der Waals surface area contributed by atoms with Crippen LogP contribution in [0.4, 0.5) is 0 Å². The maximum atomic E-state index is 12.9. The molecular weight excluding hydrogens is 362 g/mol. The molecule has 4 rings (SSSR count). The number of para-hydroxylation sites is 1. The Morgan fingerprint density at radius 2 is 1.96 bits per heavy atom. The summed E-state index contributed by atoms with van der Waals surface area (Å²) in [7, 11) is 0. The van der Waals surface area contributed by atoms with Gasteiger partial charge >= 0.3 is 0 Å². The van der Waals surface area contributed by atoms with Gasteiger partial charge in [-0.05, 0) is 37.1 Å². The van der Waals surface area contributed by atoms with E-state index in [9.17, 15) is 4.79 Å². The molecule has 0 radical (unpaired) electrons. The van der Waals surface area contributed by atoms with Gasteiger partial charge in [0.05, 0.1) is 17.4 Å². The van der Waals surface area contributed by atoms with E-state index in [4.69, 9.17) is 16.3 Å². The Hall–Kier alpha value is -2.63. The third kappa shape index (κ3) is 4.04. The number of nitrogens with zero attached hydrogens (tertiary/aromatic N) is 2. The van der Waals surface area contributed by atoms with Crippen LogP contribution in [0.5, 0.6) is 0 Å². The lowest BCUT2D eigenvalue weighted by Crippen LogP contribution is -2.31. The molecule has 2 heterocycles. The molecule has 0 aliphatic carbocycles. The maximum absolute atomic E-state index is 12.9. The zero-order valence-electron chi connectivity index (χ0n) is 14.8. The first-order valence-corrected chi connectivity index (χ1v) is 9.39. The Morgan fingerprint density at radius 1 is 1.19 bits per heavy atom. The predicted molar refractivity (Wildman–Crippen MR) is 105 cm³/mol. The lowest BCUT2D eigenvalue weighted by molar-refractivity contribution is 0.0858. The van der Waals surface area contributed by atoms with E-state index in [1.165, 1.54) is 0 Å². The number of hydrogen-bond acceptors (Lipinski definition) is 3. The van der Waals surface area contributed by atoms with Crippen LogP contribution in [0.2, 0.25) is 5.02 Å². The Balaban J connectivity index is 1.66. The predicted octanol–water partition coefficient (Wildman–Crippen LogP) is 4.10. The van der Waals surface area contributed by atoms with E-state index in [1.54, 1.807) is 23.0 Å². The van der Waals surface area contributed by atoms with Gasteiger partial charge in [-0.25, -0.2) is 4.68 Å². The molecule has 0 spiro atoms. The van der Waals surface area contributed by atoms with Gasteiger partial charge in [-0.3, -0.25) is 4.79 Å². The summed E-state index contributed by atoms with van der Waals surface area (Å²) < 4.78 is 7.32. The molecule has 6 heteroatoms. The standard InChI is InChI=1S/C21H20ClN3O2/c22-16-10-8-15(9-11-16)20-19(21(26)23-13-18-7-4-12-27-18)14-25(24-20)17-5-2-1-3-6-17/h1-3,5-6,8-11,14,18H,4,7,12-13H2,(H,23,26). The van der Waals surface area contributed by atoms with Crippen molar-refractivity contribution in [1.82, 2.24) is 15.1 Å². The molecule has 1 atom stereocenters. The molecule has 5 nitrogen and oxygen atoms in total.